The molecule has 8 heteroatoms. The number of nitrogens with one attached hydrogen (secondary N) is 1. The van der Waals surface area contributed by atoms with Gasteiger partial charge in [0.05, 0.1) is 18.0 Å². The van der Waals surface area contributed by atoms with E-state index in [9.17, 15) is 13.2 Å². The first kappa shape index (κ1) is 23.2. The van der Waals surface area contributed by atoms with Crippen LogP contribution in [0.3, 0.4) is 0 Å². The molecule has 0 bridgehead atoms. The van der Waals surface area contributed by atoms with E-state index >= 15 is 0 Å². The number of benzene rings is 2. The van der Waals surface area contributed by atoms with Crippen molar-refractivity contribution in [2.75, 3.05) is 31.6 Å². The summed E-state index contributed by atoms with van der Waals surface area (Å²) in [5.74, 6) is 1.42. The number of hydrogen-bond donors (Lipinski definition) is 2. The number of likely N-dealkylation sites (tertiary alicyclic amines) is 1. The maximum Gasteiger partial charge on any atom is 0.238 e. The Morgan fingerprint density at radius 1 is 1.16 bits per heavy atom. The Morgan fingerprint density at radius 2 is 1.87 bits per heavy atom. The molecule has 1 aliphatic rings. The molecular formula is C23H31N3O4S. The Hall–Kier alpha value is -2.42. The third-order valence-corrected chi connectivity index (χ3v) is 6.51. The lowest BCUT2D eigenvalue weighted by molar-refractivity contribution is -0.117. The standard InChI is InChI=1S/C23H31N3O4S/c1-2-30-21-10-8-18(9-11-21)6-7-19-12-14-26(15-13-19)17-23(27)25-20-4-3-5-22(16-20)31(24,28)29/h3-5,8-11,16,19H,2,6-7,12-15,17H2,1H3,(H,25,27)(H2,24,28,29). The lowest BCUT2D eigenvalue weighted by atomic mass is 9.90. The molecule has 168 valence electrons. The molecule has 2 aromatic rings. The maximum atomic E-state index is 12.4. The number of sulfonamides is 1. The number of nitrogens with zero attached hydrogens (tertiary/aromatic N) is 1. The average molecular weight is 446 g/mol. The zero-order chi connectivity index (χ0) is 22.3. The molecule has 0 atom stereocenters. The molecule has 3 rings (SSSR count). The number of nitrogens with two attached hydrogens (primary N) is 1. The quantitative estimate of drug-likeness (QED) is 0.618. The molecule has 0 radical (unpaired) electrons. The molecule has 3 N–H and O–H groups in total. The predicted molar refractivity (Wildman–Crippen MR) is 122 cm³/mol. The predicted octanol–water partition coefficient (Wildman–Crippen LogP) is 3.02. The van der Waals surface area contributed by atoms with E-state index in [4.69, 9.17) is 9.88 Å². The summed E-state index contributed by atoms with van der Waals surface area (Å²) in [4.78, 5) is 14.5. The van der Waals surface area contributed by atoms with Crippen molar-refractivity contribution in [3.05, 3.63) is 54.1 Å². The van der Waals surface area contributed by atoms with Crippen LogP contribution in [0.15, 0.2) is 53.4 Å². The number of aryl methyl sites for hydroxylation is 1. The fourth-order valence-electron chi connectivity index (χ4n) is 3.88. The molecule has 1 fully saturated rings. The van der Waals surface area contributed by atoms with Crippen LogP contribution in [0.25, 0.3) is 0 Å². The molecule has 1 aliphatic heterocycles. The number of piperidine rings is 1. The molecule has 2 aromatic carbocycles. The fourth-order valence-corrected chi connectivity index (χ4v) is 4.44. The number of primary sulfonamides is 1. The van der Waals surface area contributed by atoms with Gasteiger partial charge in [0.25, 0.3) is 0 Å². The number of carbonyl (C=O) groups excluding carboxylic acids is 1. The normalized spacial score (nSPS) is 15.5. The highest BCUT2D eigenvalue weighted by Gasteiger charge is 2.21. The molecule has 1 heterocycles. The van der Waals surface area contributed by atoms with Crippen molar-refractivity contribution in [2.24, 2.45) is 11.1 Å². The summed E-state index contributed by atoms with van der Waals surface area (Å²) >= 11 is 0. The van der Waals surface area contributed by atoms with Crippen LogP contribution in [-0.2, 0) is 21.2 Å². The Kier molecular flexibility index (Phi) is 8.06. The maximum absolute atomic E-state index is 12.4. The fraction of sp³-hybridized carbons (Fsp3) is 0.435. The highest BCUT2D eigenvalue weighted by atomic mass is 32.2. The second-order valence-corrected chi connectivity index (χ2v) is 9.52. The van der Waals surface area contributed by atoms with Crippen molar-refractivity contribution in [1.82, 2.24) is 4.90 Å². The number of carbonyl (C=O) groups is 1. The second-order valence-electron chi connectivity index (χ2n) is 7.96. The molecular weight excluding hydrogens is 414 g/mol. The van der Waals surface area contributed by atoms with Crippen molar-refractivity contribution in [3.63, 3.8) is 0 Å². The van der Waals surface area contributed by atoms with Gasteiger partial charge in [-0.25, -0.2) is 13.6 Å². The van der Waals surface area contributed by atoms with E-state index in [0.717, 1.165) is 44.5 Å². The second kappa shape index (κ2) is 10.7. The number of rotatable bonds is 9. The molecule has 1 saturated heterocycles. The van der Waals surface area contributed by atoms with Gasteiger partial charge in [-0.1, -0.05) is 18.2 Å². The molecule has 1 amide bonds. The van der Waals surface area contributed by atoms with Crippen molar-refractivity contribution < 1.29 is 17.9 Å². The summed E-state index contributed by atoms with van der Waals surface area (Å²) in [6.45, 7) is 4.73. The summed E-state index contributed by atoms with van der Waals surface area (Å²) in [5.41, 5.74) is 1.76. The molecule has 0 spiro atoms. The van der Waals surface area contributed by atoms with Crippen molar-refractivity contribution in [2.45, 2.75) is 37.5 Å². The molecule has 0 unspecified atom stereocenters. The lowest BCUT2D eigenvalue weighted by Gasteiger charge is -2.31. The minimum absolute atomic E-state index is 0.0151. The van der Waals surface area contributed by atoms with E-state index in [0.29, 0.717) is 24.8 Å². The van der Waals surface area contributed by atoms with E-state index in [1.165, 1.54) is 17.7 Å². The van der Waals surface area contributed by atoms with Gasteiger partial charge in [0, 0.05) is 5.69 Å². The van der Waals surface area contributed by atoms with Crippen LogP contribution in [-0.4, -0.2) is 45.5 Å². The van der Waals surface area contributed by atoms with Crippen LogP contribution in [0.1, 0.15) is 31.7 Å². The third-order valence-electron chi connectivity index (χ3n) is 5.60. The van der Waals surface area contributed by atoms with Gasteiger partial charge in [0.15, 0.2) is 0 Å². The molecule has 0 aliphatic carbocycles. The third kappa shape index (κ3) is 7.34. The smallest absolute Gasteiger partial charge is 0.238 e. The summed E-state index contributed by atoms with van der Waals surface area (Å²) in [7, 11) is -3.79. The van der Waals surface area contributed by atoms with E-state index in [2.05, 4.69) is 22.3 Å². The molecule has 7 nitrogen and oxygen atoms in total. The summed E-state index contributed by atoms with van der Waals surface area (Å²) in [6, 6.07) is 14.3. The topological polar surface area (TPSA) is 102 Å². The van der Waals surface area contributed by atoms with Crippen LogP contribution >= 0.6 is 0 Å². The largest absolute Gasteiger partial charge is 0.494 e. The average Bonchev–Trinajstić information content (AvgIpc) is 2.74. The van der Waals surface area contributed by atoms with Crippen molar-refractivity contribution in [3.8, 4) is 5.75 Å². The summed E-state index contributed by atoms with van der Waals surface area (Å²) in [5, 5.41) is 7.91. The Labute approximate surface area is 184 Å². The monoisotopic (exact) mass is 445 g/mol. The Bertz CT molecular complexity index is 969. The Balaban J connectivity index is 1.40. The summed E-state index contributed by atoms with van der Waals surface area (Å²) < 4.78 is 28.4. The van der Waals surface area contributed by atoms with Gasteiger partial charge in [-0.3, -0.25) is 9.69 Å². The van der Waals surface area contributed by atoms with Gasteiger partial charge in [-0.05, 0) is 87.5 Å². The zero-order valence-corrected chi connectivity index (χ0v) is 18.7. The summed E-state index contributed by atoms with van der Waals surface area (Å²) in [6.07, 6.45) is 4.35. The van der Waals surface area contributed by atoms with Crippen LogP contribution in [0.5, 0.6) is 5.75 Å². The van der Waals surface area contributed by atoms with E-state index < -0.39 is 10.0 Å². The van der Waals surface area contributed by atoms with Gasteiger partial charge >= 0.3 is 0 Å². The zero-order valence-electron chi connectivity index (χ0n) is 17.9. The Morgan fingerprint density at radius 3 is 2.52 bits per heavy atom. The SMILES string of the molecule is CCOc1ccc(CCC2CCN(CC(=O)Nc3cccc(S(N)(=O)=O)c3)CC2)cc1. The molecule has 0 aromatic heterocycles. The van der Waals surface area contributed by atoms with Crippen LogP contribution in [0.2, 0.25) is 0 Å². The highest BCUT2D eigenvalue weighted by Crippen LogP contribution is 2.23. The number of ether oxygens (including phenoxy) is 1. The number of amides is 1. The van der Waals surface area contributed by atoms with Gasteiger partial charge in [-0.2, -0.15) is 0 Å². The van der Waals surface area contributed by atoms with Crippen LogP contribution in [0, 0.1) is 5.92 Å². The van der Waals surface area contributed by atoms with Crippen molar-refractivity contribution >= 4 is 21.6 Å². The van der Waals surface area contributed by atoms with E-state index in [1.54, 1.807) is 12.1 Å². The van der Waals surface area contributed by atoms with Crippen LogP contribution in [0.4, 0.5) is 5.69 Å². The van der Waals surface area contributed by atoms with Gasteiger partial charge in [-0.15, -0.1) is 0 Å². The number of hydrogen-bond acceptors (Lipinski definition) is 5. The first-order valence-corrected chi connectivity index (χ1v) is 12.2. The molecule has 31 heavy (non-hydrogen) atoms. The lowest BCUT2D eigenvalue weighted by Crippen LogP contribution is -2.39. The minimum Gasteiger partial charge on any atom is -0.494 e. The first-order chi connectivity index (χ1) is 14.8. The minimum atomic E-state index is -3.79. The van der Waals surface area contributed by atoms with Crippen LogP contribution < -0.4 is 15.2 Å². The van der Waals surface area contributed by atoms with Gasteiger partial charge in [0.1, 0.15) is 5.75 Å². The van der Waals surface area contributed by atoms with Crippen molar-refractivity contribution in [1.29, 1.82) is 0 Å². The van der Waals surface area contributed by atoms with E-state index in [1.807, 2.05) is 19.1 Å². The highest BCUT2D eigenvalue weighted by molar-refractivity contribution is 7.89. The van der Waals surface area contributed by atoms with Gasteiger partial charge < -0.3 is 10.1 Å². The molecule has 0 saturated carbocycles. The first-order valence-electron chi connectivity index (χ1n) is 10.7. The number of anilines is 1. The van der Waals surface area contributed by atoms with Gasteiger partial charge in [0.2, 0.25) is 15.9 Å². The van der Waals surface area contributed by atoms with E-state index in [-0.39, 0.29) is 10.8 Å².